The SMILES string of the molecule is O=C1C(=O)N(c2cccc(C(F)(F)F)c2)[C@@H](c2ccc(F)cc2)C1=C(O)c1ccc(Cl)cc1. The van der Waals surface area contributed by atoms with Gasteiger partial charge in [0, 0.05) is 16.3 Å². The van der Waals surface area contributed by atoms with Gasteiger partial charge in [-0.1, -0.05) is 29.8 Å². The van der Waals surface area contributed by atoms with Crippen molar-refractivity contribution in [3.05, 3.63) is 106 Å². The van der Waals surface area contributed by atoms with Crippen LogP contribution in [0.5, 0.6) is 0 Å². The number of carbonyl (C=O) groups excluding carboxylic acids is 2. The van der Waals surface area contributed by atoms with Gasteiger partial charge in [-0.25, -0.2) is 4.39 Å². The number of nitrogens with zero attached hydrogens (tertiary/aromatic N) is 1. The number of alkyl halides is 3. The fraction of sp³-hybridized carbons (Fsp3) is 0.0833. The van der Waals surface area contributed by atoms with E-state index in [-0.39, 0.29) is 22.4 Å². The number of halogens is 5. The van der Waals surface area contributed by atoms with Crippen molar-refractivity contribution < 1.29 is 32.3 Å². The second-order valence-corrected chi connectivity index (χ2v) is 7.71. The van der Waals surface area contributed by atoms with Crippen LogP contribution in [0.3, 0.4) is 0 Å². The number of aliphatic hydroxyl groups is 1. The zero-order chi connectivity index (χ0) is 23.9. The molecule has 0 unspecified atom stereocenters. The van der Waals surface area contributed by atoms with Crippen molar-refractivity contribution in [1.82, 2.24) is 0 Å². The molecule has 1 N–H and O–H groups in total. The number of amides is 1. The molecule has 1 aliphatic heterocycles. The Morgan fingerprint density at radius 1 is 0.939 bits per heavy atom. The number of ketones is 1. The molecule has 168 valence electrons. The van der Waals surface area contributed by atoms with Crippen LogP contribution >= 0.6 is 11.6 Å². The van der Waals surface area contributed by atoms with Crippen LogP contribution in [0.15, 0.2) is 78.4 Å². The summed E-state index contributed by atoms with van der Waals surface area (Å²) in [6, 6.07) is 13.2. The van der Waals surface area contributed by atoms with Crippen molar-refractivity contribution in [3.63, 3.8) is 0 Å². The predicted molar refractivity (Wildman–Crippen MR) is 114 cm³/mol. The summed E-state index contributed by atoms with van der Waals surface area (Å²) >= 11 is 5.87. The third-order valence-electron chi connectivity index (χ3n) is 5.20. The fourth-order valence-corrected chi connectivity index (χ4v) is 3.78. The molecule has 1 fully saturated rings. The Morgan fingerprint density at radius 2 is 1.58 bits per heavy atom. The minimum atomic E-state index is -4.68. The quantitative estimate of drug-likeness (QED) is 0.215. The molecule has 33 heavy (non-hydrogen) atoms. The van der Waals surface area contributed by atoms with Gasteiger partial charge in [-0.05, 0) is 60.2 Å². The number of hydrogen-bond acceptors (Lipinski definition) is 3. The van der Waals surface area contributed by atoms with Crippen molar-refractivity contribution in [1.29, 1.82) is 0 Å². The molecule has 4 rings (SSSR count). The van der Waals surface area contributed by atoms with Crippen LogP contribution < -0.4 is 4.90 Å². The molecule has 3 aromatic rings. The van der Waals surface area contributed by atoms with Gasteiger partial charge in [-0.3, -0.25) is 14.5 Å². The first-order chi connectivity index (χ1) is 15.6. The summed E-state index contributed by atoms with van der Waals surface area (Å²) in [5.41, 5.74) is -1.16. The van der Waals surface area contributed by atoms with Gasteiger partial charge in [0.05, 0.1) is 17.2 Å². The third kappa shape index (κ3) is 4.21. The standard InChI is InChI=1S/C24H14ClF4NO3/c25-16-8-4-14(5-9-16)21(31)19-20(13-6-10-17(26)11-7-13)30(23(33)22(19)32)18-3-1-2-15(12-18)24(27,28)29/h1-12,20,31H/t20-/m0/s1. The van der Waals surface area contributed by atoms with Gasteiger partial charge in [0.25, 0.3) is 11.7 Å². The van der Waals surface area contributed by atoms with E-state index in [9.17, 15) is 32.3 Å². The van der Waals surface area contributed by atoms with E-state index in [0.717, 1.165) is 35.2 Å². The number of carbonyl (C=O) groups is 2. The Kier molecular flexibility index (Phi) is 5.71. The smallest absolute Gasteiger partial charge is 0.416 e. The molecule has 0 saturated carbocycles. The summed E-state index contributed by atoms with van der Waals surface area (Å²) in [6.07, 6.45) is -4.68. The van der Waals surface area contributed by atoms with Crippen LogP contribution in [0.25, 0.3) is 5.76 Å². The molecular weight excluding hydrogens is 462 g/mol. The first-order valence-corrected chi connectivity index (χ1v) is 9.95. The number of hydrogen-bond donors (Lipinski definition) is 1. The highest BCUT2D eigenvalue weighted by Crippen LogP contribution is 2.43. The van der Waals surface area contributed by atoms with Gasteiger partial charge in [-0.2, -0.15) is 13.2 Å². The molecule has 0 aliphatic carbocycles. The summed E-state index contributed by atoms with van der Waals surface area (Å²) in [6.45, 7) is 0. The largest absolute Gasteiger partial charge is 0.507 e. The van der Waals surface area contributed by atoms with E-state index in [4.69, 9.17) is 11.6 Å². The van der Waals surface area contributed by atoms with Gasteiger partial charge < -0.3 is 5.11 Å². The molecule has 1 saturated heterocycles. The lowest BCUT2D eigenvalue weighted by molar-refractivity contribution is -0.137. The fourth-order valence-electron chi connectivity index (χ4n) is 3.65. The molecule has 3 aromatic carbocycles. The van der Waals surface area contributed by atoms with E-state index in [1.54, 1.807) is 0 Å². The highest BCUT2D eigenvalue weighted by atomic mass is 35.5. The van der Waals surface area contributed by atoms with E-state index in [1.165, 1.54) is 42.5 Å². The molecule has 1 atom stereocenters. The van der Waals surface area contributed by atoms with Gasteiger partial charge in [0.2, 0.25) is 0 Å². The minimum absolute atomic E-state index is 0.175. The second kappa shape index (κ2) is 8.37. The average Bonchev–Trinajstić information content (AvgIpc) is 3.04. The monoisotopic (exact) mass is 475 g/mol. The number of rotatable bonds is 3. The zero-order valence-electron chi connectivity index (χ0n) is 16.6. The van der Waals surface area contributed by atoms with E-state index in [2.05, 4.69) is 0 Å². The summed E-state index contributed by atoms with van der Waals surface area (Å²) in [7, 11) is 0. The van der Waals surface area contributed by atoms with E-state index < -0.39 is 41.0 Å². The maximum absolute atomic E-state index is 13.5. The van der Waals surface area contributed by atoms with Crippen molar-refractivity contribution in [2.24, 2.45) is 0 Å². The van der Waals surface area contributed by atoms with Crippen molar-refractivity contribution in [3.8, 4) is 0 Å². The highest BCUT2D eigenvalue weighted by molar-refractivity contribution is 6.51. The Bertz CT molecular complexity index is 1270. The van der Waals surface area contributed by atoms with Crippen LogP contribution in [0.1, 0.15) is 22.7 Å². The van der Waals surface area contributed by atoms with Gasteiger partial charge >= 0.3 is 6.18 Å². The molecule has 0 bridgehead atoms. The Morgan fingerprint density at radius 3 is 2.18 bits per heavy atom. The highest BCUT2D eigenvalue weighted by Gasteiger charge is 2.47. The van der Waals surface area contributed by atoms with Crippen LogP contribution in [0, 0.1) is 5.82 Å². The van der Waals surface area contributed by atoms with Gasteiger partial charge in [-0.15, -0.1) is 0 Å². The van der Waals surface area contributed by atoms with Crippen molar-refractivity contribution in [2.45, 2.75) is 12.2 Å². The third-order valence-corrected chi connectivity index (χ3v) is 5.45. The normalized spacial score (nSPS) is 18.1. The molecule has 1 amide bonds. The predicted octanol–water partition coefficient (Wildman–Crippen LogP) is 6.12. The number of benzene rings is 3. The maximum atomic E-state index is 13.5. The van der Waals surface area contributed by atoms with E-state index in [1.807, 2.05) is 0 Å². The molecule has 1 heterocycles. The summed E-state index contributed by atoms with van der Waals surface area (Å²) in [4.78, 5) is 26.8. The summed E-state index contributed by atoms with van der Waals surface area (Å²) in [5, 5.41) is 11.3. The zero-order valence-corrected chi connectivity index (χ0v) is 17.4. The molecule has 0 spiro atoms. The lowest BCUT2D eigenvalue weighted by Gasteiger charge is -2.26. The Hall–Kier alpha value is -3.65. The van der Waals surface area contributed by atoms with Crippen LogP contribution in [-0.4, -0.2) is 16.8 Å². The van der Waals surface area contributed by atoms with Gasteiger partial charge in [0.15, 0.2) is 0 Å². The number of anilines is 1. The lowest BCUT2D eigenvalue weighted by Crippen LogP contribution is -2.29. The Labute approximate surface area is 190 Å². The second-order valence-electron chi connectivity index (χ2n) is 7.28. The molecule has 0 radical (unpaired) electrons. The number of Topliss-reactive ketones (excluding diaryl/α,β-unsaturated/α-hetero) is 1. The van der Waals surface area contributed by atoms with Gasteiger partial charge in [0.1, 0.15) is 11.6 Å². The molecule has 1 aliphatic rings. The van der Waals surface area contributed by atoms with E-state index in [0.29, 0.717) is 5.02 Å². The van der Waals surface area contributed by atoms with Crippen molar-refractivity contribution >= 4 is 34.7 Å². The summed E-state index contributed by atoms with van der Waals surface area (Å²) in [5.74, 6) is -3.34. The molecule has 4 nitrogen and oxygen atoms in total. The first-order valence-electron chi connectivity index (χ1n) is 9.57. The lowest BCUT2D eigenvalue weighted by atomic mass is 9.95. The molecule has 9 heteroatoms. The topological polar surface area (TPSA) is 57.6 Å². The molecule has 0 aromatic heterocycles. The minimum Gasteiger partial charge on any atom is -0.507 e. The van der Waals surface area contributed by atoms with Crippen LogP contribution in [0.2, 0.25) is 5.02 Å². The Balaban J connectivity index is 1.94. The molecular formula is C24H14ClF4NO3. The van der Waals surface area contributed by atoms with Crippen LogP contribution in [0.4, 0.5) is 23.2 Å². The first kappa shape index (κ1) is 22.5. The van der Waals surface area contributed by atoms with Crippen molar-refractivity contribution in [2.75, 3.05) is 4.90 Å². The summed E-state index contributed by atoms with van der Waals surface area (Å²) < 4.78 is 53.4. The number of aliphatic hydroxyl groups excluding tert-OH is 1. The van der Waals surface area contributed by atoms with E-state index >= 15 is 0 Å². The average molecular weight is 476 g/mol. The maximum Gasteiger partial charge on any atom is 0.416 e. The van der Waals surface area contributed by atoms with Crippen LogP contribution in [-0.2, 0) is 15.8 Å².